The lowest BCUT2D eigenvalue weighted by atomic mass is 10.1. The van der Waals surface area contributed by atoms with Gasteiger partial charge in [0.2, 0.25) is 11.8 Å². The predicted octanol–water partition coefficient (Wildman–Crippen LogP) is 3.65. The Morgan fingerprint density at radius 1 is 1.04 bits per heavy atom. The molecule has 0 radical (unpaired) electrons. The quantitative estimate of drug-likeness (QED) is 0.773. The van der Waals surface area contributed by atoms with Gasteiger partial charge in [0, 0.05) is 43.0 Å². The topological polar surface area (TPSA) is 52.7 Å². The van der Waals surface area contributed by atoms with E-state index in [-0.39, 0.29) is 18.4 Å². The molecule has 0 aliphatic carbocycles. The van der Waals surface area contributed by atoms with E-state index in [0.717, 1.165) is 30.0 Å². The molecule has 0 spiro atoms. The van der Waals surface area contributed by atoms with Crippen LogP contribution in [0.25, 0.3) is 0 Å². The van der Waals surface area contributed by atoms with Gasteiger partial charge in [0.1, 0.15) is 6.54 Å². The van der Waals surface area contributed by atoms with Crippen molar-refractivity contribution in [3.05, 3.63) is 59.1 Å². The molecule has 28 heavy (non-hydrogen) atoms. The minimum absolute atomic E-state index is 0.0129. The predicted molar refractivity (Wildman–Crippen MR) is 114 cm³/mol. The Bertz CT molecular complexity index is 800. The van der Waals surface area contributed by atoms with Gasteiger partial charge in [0.25, 0.3) is 0 Å². The Balaban J connectivity index is 1.53. The first-order valence-electron chi connectivity index (χ1n) is 9.67. The van der Waals surface area contributed by atoms with E-state index in [9.17, 15) is 9.59 Å². The monoisotopic (exact) mass is 399 g/mol. The van der Waals surface area contributed by atoms with Crippen molar-refractivity contribution in [3.8, 4) is 0 Å². The summed E-state index contributed by atoms with van der Waals surface area (Å²) in [6, 6.07) is 15.4. The number of hydrogen-bond donors (Lipinski definition) is 1. The second-order valence-electron chi connectivity index (χ2n) is 7.04. The molecule has 0 aromatic heterocycles. The summed E-state index contributed by atoms with van der Waals surface area (Å²) in [7, 11) is 0. The first-order valence-corrected chi connectivity index (χ1v) is 10.0. The minimum Gasteiger partial charge on any atom is -0.372 e. The van der Waals surface area contributed by atoms with Gasteiger partial charge in [-0.3, -0.25) is 9.59 Å². The van der Waals surface area contributed by atoms with Crippen LogP contribution >= 0.6 is 11.6 Å². The Kier molecular flexibility index (Phi) is 6.93. The summed E-state index contributed by atoms with van der Waals surface area (Å²) in [5.41, 5.74) is 3.01. The first-order chi connectivity index (χ1) is 13.5. The zero-order valence-electron chi connectivity index (χ0n) is 16.2. The molecule has 5 nitrogen and oxygen atoms in total. The lowest BCUT2D eigenvalue weighted by molar-refractivity contribution is -0.123. The molecule has 148 valence electrons. The Labute approximate surface area is 171 Å². The molecule has 0 atom stereocenters. The number of amides is 2. The van der Waals surface area contributed by atoms with Gasteiger partial charge in [-0.15, -0.1) is 0 Å². The van der Waals surface area contributed by atoms with Crippen LogP contribution in [0.5, 0.6) is 0 Å². The third-order valence-corrected chi connectivity index (χ3v) is 5.22. The molecule has 2 aromatic rings. The number of nitrogens with one attached hydrogen (secondary N) is 1. The number of carbonyl (C=O) groups is 2. The van der Waals surface area contributed by atoms with Gasteiger partial charge < -0.3 is 15.1 Å². The molecule has 3 rings (SSSR count). The number of anilines is 2. The fourth-order valence-electron chi connectivity index (χ4n) is 3.40. The summed E-state index contributed by atoms with van der Waals surface area (Å²) in [5, 5.41) is 3.58. The maximum absolute atomic E-state index is 12.3. The van der Waals surface area contributed by atoms with Crippen LogP contribution in [0.4, 0.5) is 11.4 Å². The van der Waals surface area contributed by atoms with Gasteiger partial charge in [0.15, 0.2) is 0 Å². The summed E-state index contributed by atoms with van der Waals surface area (Å²) in [5.74, 6) is -0.324. The molecule has 1 aliphatic rings. The zero-order valence-corrected chi connectivity index (χ0v) is 16.9. The van der Waals surface area contributed by atoms with Crippen LogP contribution in [0.15, 0.2) is 48.5 Å². The third kappa shape index (κ3) is 5.49. The maximum Gasteiger partial charge on any atom is 0.240 e. The van der Waals surface area contributed by atoms with Crippen molar-refractivity contribution in [2.45, 2.75) is 26.2 Å². The standard InChI is InChI=1S/C22H26ClN3O2/c1-17(27)26(21-10-8-20(9-11-21)25-14-2-3-15-25)16-22(28)24-13-12-18-4-6-19(23)7-5-18/h4-11H,2-3,12-16H2,1H3,(H,24,28). The lowest BCUT2D eigenvalue weighted by Crippen LogP contribution is -2.40. The summed E-state index contributed by atoms with van der Waals surface area (Å²) >= 11 is 5.88. The second-order valence-corrected chi connectivity index (χ2v) is 7.48. The van der Waals surface area contributed by atoms with E-state index in [1.807, 2.05) is 48.5 Å². The number of carbonyl (C=O) groups excluding carboxylic acids is 2. The second kappa shape index (κ2) is 9.60. The number of rotatable bonds is 7. The summed E-state index contributed by atoms with van der Waals surface area (Å²) in [6.45, 7) is 4.16. The zero-order chi connectivity index (χ0) is 19.9. The molecule has 2 aromatic carbocycles. The molecular formula is C22H26ClN3O2. The van der Waals surface area contributed by atoms with Crippen molar-refractivity contribution in [1.82, 2.24) is 5.32 Å². The molecule has 0 unspecified atom stereocenters. The number of halogens is 1. The first kappa shape index (κ1) is 20.2. The van der Waals surface area contributed by atoms with Gasteiger partial charge >= 0.3 is 0 Å². The molecule has 1 fully saturated rings. The number of hydrogen-bond acceptors (Lipinski definition) is 3. The average Bonchev–Trinajstić information content (AvgIpc) is 3.22. The summed E-state index contributed by atoms with van der Waals surface area (Å²) < 4.78 is 0. The average molecular weight is 400 g/mol. The van der Waals surface area contributed by atoms with E-state index in [0.29, 0.717) is 18.0 Å². The van der Waals surface area contributed by atoms with Gasteiger partial charge in [-0.2, -0.15) is 0 Å². The molecule has 1 saturated heterocycles. The normalized spacial score (nSPS) is 13.4. The molecular weight excluding hydrogens is 374 g/mol. The largest absolute Gasteiger partial charge is 0.372 e. The van der Waals surface area contributed by atoms with E-state index in [1.165, 1.54) is 24.7 Å². The lowest BCUT2D eigenvalue weighted by Gasteiger charge is -2.23. The smallest absolute Gasteiger partial charge is 0.240 e. The van der Waals surface area contributed by atoms with Crippen LogP contribution in [-0.2, 0) is 16.0 Å². The molecule has 1 aliphatic heterocycles. The molecule has 0 saturated carbocycles. The fraction of sp³-hybridized carbons (Fsp3) is 0.364. The highest BCUT2D eigenvalue weighted by molar-refractivity contribution is 6.30. The van der Waals surface area contributed by atoms with Crippen LogP contribution in [0, 0.1) is 0 Å². The van der Waals surface area contributed by atoms with E-state index in [1.54, 1.807) is 0 Å². The molecule has 2 amide bonds. The summed E-state index contributed by atoms with van der Waals surface area (Å²) in [6.07, 6.45) is 3.16. The fourth-order valence-corrected chi connectivity index (χ4v) is 3.53. The molecule has 1 heterocycles. The van der Waals surface area contributed by atoms with Crippen molar-refractivity contribution in [1.29, 1.82) is 0 Å². The van der Waals surface area contributed by atoms with Crippen LogP contribution < -0.4 is 15.1 Å². The van der Waals surface area contributed by atoms with E-state index < -0.39 is 0 Å². The van der Waals surface area contributed by atoms with Crippen molar-refractivity contribution in [2.75, 3.05) is 36.0 Å². The van der Waals surface area contributed by atoms with Gasteiger partial charge in [0.05, 0.1) is 0 Å². The molecule has 1 N–H and O–H groups in total. The van der Waals surface area contributed by atoms with Crippen molar-refractivity contribution in [3.63, 3.8) is 0 Å². The highest BCUT2D eigenvalue weighted by atomic mass is 35.5. The highest BCUT2D eigenvalue weighted by Crippen LogP contribution is 2.24. The Morgan fingerprint density at radius 2 is 1.68 bits per heavy atom. The van der Waals surface area contributed by atoms with Crippen molar-refractivity contribution < 1.29 is 9.59 Å². The van der Waals surface area contributed by atoms with Gasteiger partial charge in [-0.05, 0) is 61.2 Å². The van der Waals surface area contributed by atoms with Crippen molar-refractivity contribution >= 4 is 34.8 Å². The van der Waals surface area contributed by atoms with Crippen LogP contribution in [0.1, 0.15) is 25.3 Å². The van der Waals surface area contributed by atoms with E-state index in [4.69, 9.17) is 11.6 Å². The van der Waals surface area contributed by atoms with Crippen molar-refractivity contribution in [2.24, 2.45) is 0 Å². The maximum atomic E-state index is 12.3. The van der Waals surface area contributed by atoms with Gasteiger partial charge in [-0.25, -0.2) is 0 Å². The van der Waals surface area contributed by atoms with Crippen LogP contribution in [-0.4, -0.2) is 38.0 Å². The molecule has 6 heteroatoms. The molecule has 0 bridgehead atoms. The minimum atomic E-state index is -0.173. The number of benzene rings is 2. The Morgan fingerprint density at radius 3 is 2.29 bits per heavy atom. The van der Waals surface area contributed by atoms with E-state index in [2.05, 4.69) is 10.2 Å². The highest BCUT2D eigenvalue weighted by Gasteiger charge is 2.17. The number of nitrogens with zero attached hydrogens (tertiary/aromatic N) is 2. The summed E-state index contributed by atoms with van der Waals surface area (Å²) in [4.78, 5) is 28.2. The van der Waals surface area contributed by atoms with Crippen LogP contribution in [0.3, 0.4) is 0 Å². The van der Waals surface area contributed by atoms with Crippen LogP contribution in [0.2, 0.25) is 5.02 Å². The third-order valence-electron chi connectivity index (χ3n) is 4.96. The van der Waals surface area contributed by atoms with Gasteiger partial charge in [-0.1, -0.05) is 23.7 Å². The SMILES string of the molecule is CC(=O)N(CC(=O)NCCc1ccc(Cl)cc1)c1ccc(N2CCCC2)cc1. The Hall–Kier alpha value is -2.53. The van der Waals surface area contributed by atoms with E-state index >= 15 is 0 Å².